The summed E-state index contributed by atoms with van der Waals surface area (Å²) >= 11 is 3.78. The summed E-state index contributed by atoms with van der Waals surface area (Å²) in [6, 6.07) is 16.9. The van der Waals surface area contributed by atoms with Crippen LogP contribution < -0.4 is 4.74 Å². The van der Waals surface area contributed by atoms with Gasteiger partial charge >= 0.3 is 0 Å². The first kappa shape index (κ1) is 14.1. The van der Waals surface area contributed by atoms with Gasteiger partial charge in [-0.25, -0.2) is 0 Å². The molecule has 0 radical (unpaired) electrons. The van der Waals surface area contributed by atoms with Crippen LogP contribution in [0.15, 0.2) is 48.5 Å². The Hall–Kier alpha value is -1.28. The molecule has 0 aliphatic heterocycles. The fourth-order valence-corrected chi connectivity index (χ4v) is 2.76. The van der Waals surface area contributed by atoms with Crippen LogP contribution in [-0.4, -0.2) is 6.61 Å². The zero-order valence-corrected chi connectivity index (χ0v) is 13.0. The lowest BCUT2D eigenvalue weighted by Crippen LogP contribution is -1.99. The summed E-state index contributed by atoms with van der Waals surface area (Å²) in [7, 11) is 0. The predicted molar refractivity (Wildman–Crippen MR) is 84.2 cm³/mol. The number of ether oxygens (including phenoxy) is 1. The van der Waals surface area contributed by atoms with Crippen molar-refractivity contribution >= 4 is 15.9 Å². The van der Waals surface area contributed by atoms with Crippen LogP contribution >= 0.6 is 15.9 Å². The van der Waals surface area contributed by atoms with Crippen LogP contribution in [0.3, 0.4) is 0 Å². The van der Waals surface area contributed by atoms with E-state index in [2.05, 4.69) is 53.2 Å². The van der Waals surface area contributed by atoms with Gasteiger partial charge in [0.2, 0.25) is 0 Å². The molecule has 0 aliphatic rings. The van der Waals surface area contributed by atoms with Crippen LogP contribution in [0.5, 0.6) is 5.75 Å². The van der Waals surface area contributed by atoms with Gasteiger partial charge in [0.1, 0.15) is 5.75 Å². The Morgan fingerprint density at radius 3 is 2.32 bits per heavy atom. The van der Waals surface area contributed by atoms with E-state index >= 15 is 0 Å². The lowest BCUT2D eigenvalue weighted by Gasteiger charge is -2.15. The number of hydrogen-bond donors (Lipinski definition) is 0. The molecule has 0 aromatic heterocycles. The molecule has 0 amide bonds. The zero-order chi connectivity index (χ0) is 13.7. The van der Waals surface area contributed by atoms with E-state index in [4.69, 9.17) is 4.74 Å². The van der Waals surface area contributed by atoms with Gasteiger partial charge in [-0.1, -0.05) is 65.3 Å². The summed E-state index contributed by atoms with van der Waals surface area (Å²) in [6.45, 7) is 4.87. The van der Waals surface area contributed by atoms with Crippen molar-refractivity contribution < 1.29 is 4.74 Å². The first-order valence-corrected chi connectivity index (χ1v) is 7.62. The summed E-state index contributed by atoms with van der Waals surface area (Å²) in [5.74, 6) is 0.950. The minimum Gasteiger partial charge on any atom is -0.494 e. The predicted octanol–water partition coefficient (Wildman–Crippen LogP) is 5.13. The van der Waals surface area contributed by atoms with E-state index in [0.29, 0.717) is 6.61 Å². The molecule has 2 heteroatoms. The quantitative estimate of drug-likeness (QED) is 0.694. The van der Waals surface area contributed by atoms with Crippen molar-refractivity contribution in [1.82, 2.24) is 0 Å². The number of hydrogen-bond acceptors (Lipinski definition) is 1. The van der Waals surface area contributed by atoms with Gasteiger partial charge in [0.05, 0.1) is 11.4 Å². The number of rotatable bonds is 5. The minimum atomic E-state index is 0.168. The molecule has 1 unspecified atom stereocenters. The molecule has 0 heterocycles. The molecule has 1 atom stereocenters. The highest BCUT2D eigenvalue weighted by atomic mass is 79.9. The molecule has 2 rings (SSSR count). The van der Waals surface area contributed by atoms with E-state index in [9.17, 15) is 0 Å². The van der Waals surface area contributed by atoms with Crippen LogP contribution in [-0.2, 0) is 6.42 Å². The van der Waals surface area contributed by atoms with Crippen molar-refractivity contribution in [2.75, 3.05) is 6.61 Å². The van der Waals surface area contributed by atoms with E-state index in [1.54, 1.807) is 0 Å². The number of para-hydroxylation sites is 1. The van der Waals surface area contributed by atoms with Crippen molar-refractivity contribution in [3.05, 3.63) is 65.2 Å². The van der Waals surface area contributed by atoms with Gasteiger partial charge in [0, 0.05) is 5.56 Å². The molecule has 1 nitrogen and oxygen atoms in total. The average molecular weight is 319 g/mol. The van der Waals surface area contributed by atoms with E-state index in [1.165, 1.54) is 16.7 Å². The van der Waals surface area contributed by atoms with E-state index in [1.807, 2.05) is 25.1 Å². The molecule has 0 N–H and O–H groups in total. The van der Waals surface area contributed by atoms with Crippen molar-refractivity contribution in [2.24, 2.45) is 0 Å². The van der Waals surface area contributed by atoms with Crippen LogP contribution in [0.1, 0.15) is 35.4 Å². The van der Waals surface area contributed by atoms with Crippen molar-refractivity contribution in [3.8, 4) is 5.75 Å². The third kappa shape index (κ3) is 3.38. The van der Waals surface area contributed by atoms with Crippen LogP contribution in [0.2, 0.25) is 0 Å². The molecule has 2 aromatic rings. The van der Waals surface area contributed by atoms with Crippen molar-refractivity contribution in [1.29, 1.82) is 0 Å². The Kier molecular flexibility index (Phi) is 5.03. The zero-order valence-electron chi connectivity index (χ0n) is 11.4. The smallest absolute Gasteiger partial charge is 0.123 e. The number of halogens is 1. The highest BCUT2D eigenvalue weighted by molar-refractivity contribution is 9.09. The Labute approximate surface area is 123 Å². The number of benzene rings is 2. The molecule has 0 fully saturated rings. The van der Waals surface area contributed by atoms with Crippen LogP contribution in [0.4, 0.5) is 0 Å². The van der Waals surface area contributed by atoms with Gasteiger partial charge in [-0.3, -0.25) is 0 Å². The van der Waals surface area contributed by atoms with Gasteiger partial charge in [0.15, 0.2) is 0 Å². The van der Waals surface area contributed by atoms with Crippen LogP contribution in [0, 0.1) is 0 Å². The molecule has 100 valence electrons. The third-order valence-corrected chi connectivity index (χ3v) is 4.19. The minimum absolute atomic E-state index is 0.168. The molecular weight excluding hydrogens is 300 g/mol. The first-order chi connectivity index (χ1) is 9.26. The second-order valence-electron chi connectivity index (χ2n) is 4.43. The summed E-state index contributed by atoms with van der Waals surface area (Å²) in [5, 5.41) is 0. The van der Waals surface area contributed by atoms with Gasteiger partial charge in [0.25, 0.3) is 0 Å². The topological polar surface area (TPSA) is 9.23 Å². The Balaban J connectivity index is 2.29. The largest absolute Gasteiger partial charge is 0.494 e. The molecule has 2 aromatic carbocycles. The lowest BCUT2D eigenvalue weighted by molar-refractivity contribution is 0.337. The Morgan fingerprint density at radius 1 is 1.00 bits per heavy atom. The van der Waals surface area contributed by atoms with Crippen molar-refractivity contribution in [2.45, 2.75) is 25.1 Å². The molecule has 19 heavy (non-hydrogen) atoms. The highest BCUT2D eigenvalue weighted by Gasteiger charge is 2.14. The molecule has 0 spiro atoms. The monoisotopic (exact) mass is 318 g/mol. The second-order valence-corrected chi connectivity index (χ2v) is 5.34. The Morgan fingerprint density at radius 2 is 1.68 bits per heavy atom. The van der Waals surface area contributed by atoms with E-state index in [-0.39, 0.29) is 4.83 Å². The number of aryl methyl sites for hydroxylation is 1. The fourth-order valence-electron chi connectivity index (χ4n) is 2.08. The molecule has 0 bridgehead atoms. The standard InChI is InChI=1S/C17H19BrO/c1-3-13-9-11-14(12-10-13)17(18)15-7-5-6-8-16(15)19-4-2/h5-12,17H,3-4H2,1-2H3. The van der Waals surface area contributed by atoms with E-state index < -0.39 is 0 Å². The number of alkyl halides is 1. The van der Waals surface area contributed by atoms with Gasteiger partial charge in [-0.2, -0.15) is 0 Å². The molecular formula is C17H19BrO. The normalized spacial score (nSPS) is 12.2. The van der Waals surface area contributed by atoms with Crippen LogP contribution in [0.25, 0.3) is 0 Å². The summed E-state index contributed by atoms with van der Waals surface area (Å²) in [6.07, 6.45) is 1.07. The maximum absolute atomic E-state index is 5.69. The lowest BCUT2D eigenvalue weighted by atomic mass is 10.0. The highest BCUT2D eigenvalue weighted by Crippen LogP contribution is 2.36. The maximum Gasteiger partial charge on any atom is 0.123 e. The average Bonchev–Trinajstić information content (AvgIpc) is 2.47. The first-order valence-electron chi connectivity index (χ1n) is 6.70. The summed E-state index contributed by atoms with van der Waals surface area (Å²) in [5.41, 5.74) is 3.79. The fraction of sp³-hybridized carbons (Fsp3) is 0.294. The SMILES string of the molecule is CCOc1ccccc1C(Br)c1ccc(CC)cc1. The van der Waals surface area contributed by atoms with Gasteiger partial charge in [-0.15, -0.1) is 0 Å². The maximum atomic E-state index is 5.69. The Bertz CT molecular complexity index is 519. The molecule has 0 saturated heterocycles. The van der Waals surface area contributed by atoms with Gasteiger partial charge in [-0.05, 0) is 30.5 Å². The molecule has 0 saturated carbocycles. The summed E-state index contributed by atoms with van der Waals surface area (Å²) in [4.78, 5) is 0.168. The van der Waals surface area contributed by atoms with Gasteiger partial charge < -0.3 is 4.74 Å². The third-order valence-electron chi connectivity index (χ3n) is 3.17. The molecule has 0 aliphatic carbocycles. The van der Waals surface area contributed by atoms with Crippen molar-refractivity contribution in [3.63, 3.8) is 0 Å². The summed E-state index contributed by atoms with van der Waals surface area (Å²) < 4.78 is 5.69. The second kappa shape index (κ2) is 6.76. The van der Waals surface area contributed by atoms with E-state index in [0.717, 1.165) is 12.2 Å².